The molecule has 0 radical (unpaired) electrons. The van der Waals surface area contributed by atoms with Crippen molar-refractivity contribution in [3.63, 3.8) is 0 Å². The van der Waals surface area contributed by atoms with Crippen molar-refractivity contribution >= 4 is 20.9 Å². The summed E-state index contributed by atoms with van der Waals surface area (Å²) in [5.74, 6) is 0. The SMILES string of the molecule is CCCCCCCCCCCCCCCCCc1ccc2ccccc2c1S(=O)(=O)[O-].[Na+]. The number of benzene rings is 2. The topological polar surface area (TPSA) is 57.2 Å². The molecule has 32 heavy (non-hydrogen) atoms. The van der Waals surface area contributed by atoms with Crippen molar-refractivity contribution in [2.24, 2.45) is 0 Å². The Morgan fingerprint density at radius 1 is 0.656 bits per heavy atom. The minimum atomic E-state index is -4.48. The van der Waals surface area contributed by atoms with E-state index in [2.05, 4.69) is 6.92 Å². The molecule has 174 valence electrons. The van der Waals surface area contributed by atoms with E-state index < -0.39 is 10.1 Å². The van der Waals surface area contributed by atoms with Crippen molar-refractivity contribution in [2.75, 3.05) is 0 Å². The number of aryl methyl sites for hydroxylation is 1. The van der Waals surface area contributed by atoms with Gasteiger partial charge in [-0.15, -0.1) is 0 Å². The zero-order chi connectivity index (χ0) is 22.4. The van der Waals surface area contributed by atoms with Crippen molar-refractivity contribution in [1.29, 1.82) is 0 Å². The molecule has 0 fully saturated rings. The Hall–Kier alpha value is -0.390. The molecule has 5 heteroatoms. The summed E-state index contributed by atoms with van der Waals surface area (Å²) in [6.45, 7) is 2.27. The van der Waals surface area contributed by atoms with E-state index in [0.29, 0.717) is 17.4 Å². The van der Waals surface area contributed by atoms with E-state index >= 15 is 0 Å². The predicted molar refractivity (Wildman–Crippen MR) is 131 cm³/mol. The van der Waals surface area contributed by atoms with E-state index in [1.807, 2.05) is 24.3 Å². The van der Waals surface area contributed by atoms with Crippen LogP contribution in [0.1, 0.15) is 109 Å². The first-order valence-electron chi connectivity index (χ1n) is 12.5. The summed E-state index contributed by atoms with van der Waals surface area (Å²) in [7, 11) is -4.48. The summed E-state index contributed by atoms with van der Waals surface area (Å²) in [4.78, 5) is -0.0176. The van der Waals surface area contributed by atoms with Crippen LogP contribution in [0.5, 0.6) is 0 Å². The number of fused-ring (bicyclic) bond motifs is 1. The largest absolute Gasteiger partial charge is 1.00 e. The van der Waals surface area contributed by atoms with E-state index in [4.69, 9.17) is 0 Å². The second-order valence-electron chi connectivity index (χ2n) is 8.93. The molecule has 0 amide bonds. The third-order valence-electron chi connectivity index (χ3n) is 6.26. The molecule has 0 aliphatic carbocycles. The van der Waals surface area contributed by atoms with Crippen molar-refractivity contribution < 1.29 is 42.5 Å². The van der Waals surface area contributed by atoms with Gasteiger partial charge in [0.05, 0.1) is 4.90 Å². The van der Waals surface area contributed by atoms with Gasteiger partial charge in [-0.25, -0.2) is 8.42 Å². The van der Waals surface area contributed by atoms with Gasteiger partial charge < -0.3 is 4.55 Å². The third-order valence-corrected chi connectivity index (χ3v) is 7.24. The molecule has 2 aromatic rings. The van der Waals surface area contributed by atoms with Gasteiger partial charge in [-0.3, -0.25) is 0 Å². The first-order valence-corrected chi connectivity index (χ1v) is 13.9. The van der Waals surface area contributed by atoms with Crippen LogP contribution in [0.4, 0.5) is 0 Å². The summed E-state index contributed by atoms with van der Waals surface area (Å²) >= 11 is 0. The van der Waals surface area contributed by atoms with Gasteiger partial charge in [-0.05, 0) is 29.2 Å². The molecule has 0 aromatic heterocycles. The van der Waals surface area contributed by atoms with Crippen LogP contribution in [0.2, 0.25) is 0 Å². The van der Waals surface area contributed by atoms with Crippen LogP contribution < -0.4 is 29.6 Å². The first-order chi connectivity index (χ1) is 15.0. The first kappa shape index (κ1) is 29.6. The summed E-state index contributed by atoms with van der Waals surface area (Å²) < 4.78 is 35.6. The molecule has 0 spiro atoms. The van der Waals surface area contributed by atoms with Crippen LogP contribution in [-0.4, -0.2) is 13.0 Å². The predicted octanol–water partition coefficient (Wildman–Crippen LogP) is 5.16. The number of unbranched alkanes of at least 4 members (excludes halogenated alkanes) is 14. The maximum atomic E-state index is 11.9. The molecule has 0 aliphatic heterocycles. The standard InChI is InChI=1S/C27H42O3S.Na/c1-2-3-4-5-6-7-8-9-10-11-12-13-14-15-16-20-25-23-22-24-19-17-18-21-26(24)27(25)31(28,29)30;/h17-19,21-23H,2-16,20H2,1H3,(H,28,29,30);/q;+1/p-1. The van der Waals surface area contributed by atoms with Gasteiger partial charge in [0.1, 0.15) is 10.1 Å². The minimum Gasteiger partial charge on any atom is -0.744 e. The molecular formula is C27H41NaO3S. The van der Waals surface area contributed by atoms with Crippen LogP contribution in [-0.2, 0) is 16.5 Å². The molecule has 0 heterocycles. The quantitative estimate of drug-likeness (QED) is 0.183. The van der Waals surface area contributed by atoms with E-state index in [1.54, 1.807) is 12.1 Å². The fraction of sp³-hybridized carbons (Fsp3) is 0.630. The molecule has 0 N–H and O–H groups in total. The van der Waals surface area contributed by atoms with Gasteiger partial charge >= 0.3 is 29.6 Å². The monoisotopic (exact) mass is 468 g/mol. The van der Waals surface area contributed by atoms with Gasteiger partial charge in [0, 0.05) is 0 Å². The van der Waals surface area contributed by atoms with E-state index in [1.165, 1.54) is 83.5 Å². The summed E-state index contributed by atoms with van der Waals surface area (Å²) in [6, 6.07) is 11.0. The maximum Gasteiger partial charge on any atom is 1.00 e. The second-order valence-corrected chi connectivity index (χ2v) is 10.2. The molecule has 0 saturated heterocycles. The fourth-order valence-corrected chi connectivity index (χ4v) is 5.41. The minimum absolute atomic E-state index is 0. The number of hydrogen-bond acceptors (Lipinski definition) is 3. The van der Waals surface area contributed by atoms with Crippen LogP contribution in [0.3, 0.4) is 0 Å². The molecule has 3 nitrogen and oxygen atoms in total. The Labute approximate surface area is 218 Å². The zero-order valence-corrected chi connectivity index (χ0v) is 23.2. The second kappa shape index (κ2) is 17.1. The van der Waals surface area contributed by atoms with Gasteiger partial charge in [0.25, 0.3) is 0 Å². The van der Waals surface area contributed by atoms with Crippen molar-refractivity contribution in [3.05, 3.63) is 42.0 Å². The van der Waals surface area contributed by atoms with Crippen LogP contribution in [0.15, 0.2) is 41.3 Å². The van der Waals surface area contributed by atoms with Gasteiger partial charge in [0.2, 0.25) is 0 Å². The Balaban J connectivity index is 0.00000512. The van der Waals surface area contributed by atoms with Crippen LogP contribution in [0.25, 0.3) is 10.8 Å². The van der Waals surface area contributed by atoms with E-state index in [9.17, 15) is 13.0 Å². The average Bonchev–Trinajstić information content (AvgIpc) is 2.75. The third kappa shape index (κ3) is 11.2. The van der Waals surface area contributed by atoms with E-state index in [-0.39, 0.29) is 34.5 Å². The number of hydrogen-bond donors (Lipinski definition) is 0. The van der Waals surface area contributed by atoms with Crippen LogP contribution in [0, 0.1) is 0 Å². The molecule has 0 bridgehead atoms. The number of rotatable bonds is 17. The van der Waals surface area contributed by atoms with Gasteiger partial charge in [-0.1, -0.05) is 133 Å². The summed E-state index contributed by atoms with van der Waals surface area (Å²) in [6.07, 6.45) is 20.2. The zero-order valence-electron chi connectivity index (χ0n) is 20.4. The van der Waals surface area contributed by atoms with Crippen molar-refractivity contribution in [2.45, 2.75) is 115 Å². The summed E-state index contributed by atoms with van der Waals surface area (Å²) in [5, 5.41) is 1.35. The molecular weight excluding hydrogens is 427 g/mol. The normalized spacial score (nSPS) is 11.6. The van der Waals surface area contributed by atoms with E-state index in [0.717, 1.165) is 18.2 Å². The Kier molecular flexibility index (Phi) is 15.8. The maximum absolute atomic E-state index is 11.9. The molecule has 0 atom stereocenters. The van der Waals surface area contributed by atoms with Gasteiger partial charge in [-0.2, -0.15) is 0 Å². The smallest absolute Gasteiger partial charge is 0.744 e. The molecule has 2 aromatic carbocycles. The van der Waals surface area contributed by atoms with Crippen molar-refractivity contribution in [3.8, 4) is 0 Å². The fourth-order valence-electron chi connectivity index (χ4n) is 4.47. The molecule has 0 saturated carbocycles. The Morgan fingerprint density at radius 2 is 1.12 bits per heavy atom. The molecule has 2 rings (SSSR count). The molecule has 0 aliphatic rings. The Morgan fingerprint density at radius 3 is 1.62 bits per heavy atom. The van der Waals surface area contributed by atoms with Crippen molar-refractivity contribution in [1.82, 2.24) is 0 Å². The Bertz CT molecular complexity index is 864. The average molecular weight is 469 g/mol. The van der Waals surface area contributed by atoms with Crippen LogP contribution >= 0.6 is 0 Å². The van der Waals surface area contributed by atoms with Gasteiger partial charge in [0.15, 0.2) is 0 Å². The molecule has 0 unspecified atom stereocenters. The summed E-state index contributed by atoms with van der Waals surface area (Å²) in [5.41, 5.74) is 0.670.